The quantitative estimate of drug-likeness (QED) is 0.327. The number of nitrogens with zero attached hydrogens (tertiary/aromatic N) is 1. The molecule has 4 nitrogen and oxygen atoms in total. The lowest BCUT2D eigenvalue weighted by Gasteiger charge is -2.57. The van der Waals surface area contributed by atoms with Crippen LogP contribution in [0.4, 0.5) is 0 Å². The number of aliphatic hydroxyl groups excluding tert-OH is 1. The van der Waals surface area contributed by atoms with Gasteiger partial charge in [-0.05, 0) is 92.9 Å². The SMILES string of the molecule is C[C@]12CC[C@H]3[C@@H](CC=C4C[C@@H](O)CC[C@@]43C)[C@@H]1CC[C@@H]2/C=N/OCCCN. The molecule has 0 amide bonds. The summed E-state index contributed by atoms with van der Waals surface area (Å²) in [6.45, 7) is 6.31. The second-order valence-electron chi connectivity index (χ2n) is 10.1. The van der Waals surface area contributed by atoms with Gasteiger partial charge in [-0.3, -0.25) is 0 Å². The maximum Gasteiger partial charge on any atom is 0.118 e. The first-order valence-corrected chi connectivity index (χ1v) is 11.2. The van der Waals surface area contributed by atoms with Crippen LogP contribution in [0, 0.1) is 34.5 Å². The van der Waals surface area contributed by atoms with Crippen LogP contribution in [0.3, 0.4) is 0 Å². The van der Waals surface area contributed by atoms with E-state index in [1.807, 2.05) is 0 Å². The molecule has 3 fully saturated rings. The fraction of sp³-hybridized carbons (Fsp3) is 0.870. The van der Waals surface area contributed by atoms with E-state index >= 15 is 0 Å². The van der Waals surface area contributed by atoms with Crippen LogP contribution in [0.1, 0.15) is 71.6 Å². The maximum atomic E-state index is 10.1. The van der Waals surface area contributed by atoms with Crippen molar-refractivity contribution in [3.63, 3.8) is 0 Å². The summed E-state index contributed by atoms with van der Waals surface area (Å²) < 4.78 is 0. The zero-order valence-corrected chi connectivity index (χ0v) is 17.2. The molecule has 0 aliphatic heterocycles. The highest BCUT2D eigenvalue weighted by molar-refractivity contribution is 5.62. The summed E-state index contributed by atoms with van der Waals surface area (Å²) in [6, 6.07) is 0. The van der Waals surface area contributed by atoms with Gasteiger partial charge in [0, 0.05) is 12.1 Å². The minimum absolute atomic E-state index is 0.110. The monoisotopic (exact) mass is 374 g/mol. The van der Waals surface area contributed by atoms with Gasteiger partial charge in [0.2, 0.25) is 0 Å². The van der Waals surface area contributed by atoms with Crippen molar-refractivity contribution in [3.8, 4) is 0 Å². The summed E-state index contributed by atoms with van der Waals surface area (Å²) in [5.41, 5.74) is 7.79. The number of hydrogen-bond acceptors (Lipinski definition) is 4. The topological polar surface area (TPSA) is 67.8 Å². The van der Waals surface area contributed by atoms with Crippen LogP contribution in [0.5, 0.6) is 0 Å². The highest BCUT2D eigenvalue weighted by Gasteiger charge is 2.58. The average Bonchev–Trinajstić information content (AvgIpc) is 2.99. The standard InChI is InChI=1S/C23H38N2O2/c1-22-10-8-18(26)14-16(22)4-6-19-20-7-5-17(15-25-27-13-3-12-24)23(20,2)11-9-21(19)22/h4,15,17-21,26H,3,5-14,24H2,1-2H3/b25-15+/t17-,18+,19+,20+,21+,22+,23-/m1/s1. The molecule has 4 aliphatic rings. The van der Waals surface area contributed by atoms with Gasteiger partial charge >= 0.3 is 0 Å². The lowest BCUT2D eigenvalue weighted by Crippen LogP contribution is -2.50. The fourth-order valence-corrected chi connectivity index (χ4v) is 7.24. The summed E-state index contributed by atoms with van der Waals surface area (Å²) in [5.74, 6) is 2.97. The molecule has 4 rings (SSSR count). The van der Waals surface area contributed by atoms with Gasteiger partial charge in [-0.1, -0.05) is 30.7 Å². The summed E-state index contributed by atoms with van der Waals surface area (Å²) in [5, 5.41) is 14.4. The molecular weight excluding hydrogens is 336 g/mol. The average molecular weight is 375 g/mol. The number of hydrogen-bond donors (Lipinski definition) is 2. The number of aliphatic hydroxyl groups is 1. The van der Waals surface area contributed by atoms with Crippen molar-refractivity contribution in [2.45, 2.75) is 77.7 Å². The Bertz CT molecular complexity index is 603. The van der Waals surface area contributed by atoms with Crippen molar-refractivity contribution >= 4 is 6.21 Å². The first-order chi connectivity index (χ1) is 13.0. The molecule has 7 atom stereocenters. The molecule has 4 heteroatoms. The molecule has 0 heterocycles. The Kier molecular flexibility index (Phi) is 5.41. The molecule has 0 spiro atoms. The zero-order valence-electron chi connectivity index (χ0n) is 17.2. The van der Waals surface area contributed by atoms with Gasteiger partial charge in [0.1, 0.15) is 6.61 Å². The Morgan fingerprint density at radius 3 is 2.89 bits per heavy atom. The van der Waals surface area contributed by atoms with Crippen molar-refractivity contribution in [2.24, 2.45) is 45.4 Å². The lowest BCUT2D eigenvalue weighted by molar-refractivity contribution is -0.0421. The summed E-state index contributed by atoms with van der Waals surface area (Å²) in [4.78, 5) is 5.42. The molecule has 0 aromatic carbocycles. The zero-order chi connectivity index (χ0) is 19.1. The number of allylic oxidation sites excluding steroid dienone is 1. The van der Waals surface area contributed by atoms with Gasteiger partial charge in [0.15, 0.2) is 0 Å². The van der Waals surface area contributed by atoms with Gasteiger partial charge in [-0.15, -0.1) is 0 Å². The van der Waals surface area contributed by atoms with Crippen molar-refractivity contribution in [2.75, 3.05) is 13.2 Å². The third-order valence-corrected chi connectivity index (χ3v) is 8.91. The van der Waals surface area contributed by atoms with Crippen molar-refractivity contribution in [1.29, 1.82) is 0 Å². The van der Waals surface area contributed by atoms with E-state index in [2.05, 4.69) is 31.3 Å². The lowest BCUT2D eigenvalue weighted by atomic mass is 9.47. The highest BCUT2D eigenvalue weighted by atomic mass is 16.6. The van der Waals surface area contributed by atoms with E-state index in [0.29, 0.717) is 29.9 Å². The molecule has 3 saturated carbocycles. The Morgan fingerprint density at radius 2 is 2.07 bits per heavy atom. The van der Waals surface area contributed by atoms with E-state index in [-0.39, 0.29) is 6.10 Å². The molecule has 0 aromatic heterocycles. The van der Waals surface area contributed by atoms with Crippen molar-refractivity contribution in [3.05, 3.63) is 11.6 Å². The Morgan fingerprint density at radius 1 is 1.22 bits per heavy atom. The molecule has 0 unspecified atom stereocenters. The number of fused-ring (bicyclic) bond motifs is 5. The fourth-order valence-electron chi connectivity index (χ4n) is 7.24. The van der Waals surface area contributed by atoms with Gasteiger partial charge in [-0.2, -0.15) is 0 Å². The third kappa shape index (κ3) is 3.27. The van der Waals surface area contributed by atoms with E-state index in [0.717, 1.165) is 37.0 Å². The minimum atomic E-state index is -0.110. The van der Waals surface area contributed by atoms with Crippen LogP contribution in [0.25, 0.3) is 0 Å². The predicted octanol–water partition coefficient (Wildman–Crippen LogP) is 4.28. The Labute approximate surface area is 164 Å². The third-order valence-electron chi connectivity index (χ3n) is 8.91. The normalized spacial score (nSPS) is 46.5. The number of nitrogens with two attached hydrogens (primary N) is 1. The summed E-state index contributed by atoms with van der Waals surface area (Å²) >= 11 is 0. The minimum Gasteiger partial charge on any atom is -0.396 e. The van der Waals surface area contributed by atoms with Gasteiger partial charge in [0.25, 0.3) is 0 Å². The maximum absolute atomic E-state index is 10.1. The van der Waals surface area contributed by atoms with Crippen molar-refractivity contribution in [1.82, 2.24) is 0 Å². The number of rotatable bonds is 5. The van der Waals surface area contributed by atoms with Crippen molar-refractivity contribution < 1.29 is 9.94 Å². The van der Waals surface area contributed by atoms with Crippen LogP contribution in [-0.4, -0.2) is 30.6 Å². The largest absolute Gasteiger partial charge is 0.396 e. The van der Waals surface area contributed by atoms with Gasteiger partial charge in [0.05, 0.1) is 6.10 Å². The van der Waals surface area contributed by atoms with E-state index in [4.69, 9.17) is 10.6 Å². The first-order valence-electron chi connectivity index (χ1n) is 11.2. The molecule has 4 aliphatic carbocycles. The molecule has 0 aromatic rings. The van der Waals surface area contributed by atoms with Crippen LogP contribution < -0.4 is 5.73 Å². The van der Waals surface area contributed by atoms with E-state index in [9.17, 15) is 5.11 Å². The second kappa shape index (κ2) is 7.51. The smallest absolute Gasteiger partial charge is 0.118 e. The summed E-state index contributed by atoms with van der Waals surface area (Å²) in [7, 11) is 0. The highest BCUT2D eigenvalue weighted by Crippen LogP contribution is 2.65. The van der Waals surface area contributed by atoms with E-state index in [1.165, 1.54) is 38.5 Å². The molecule has 0 saturated heterocycles. The van der Waals surface area contributed by atoms with Gasteiger partial charge < -0.3 is 15.7 Å². The van der Waals surface area contributed by atoms with E-state index < -0.39 is 0 Å². The van der Waals surface area contributed by atoms with Crippen LogP contribution in [-0.2, 0) is 4.84 Å². The van der Waals surface area contributed by atoms with Crippen LogP contribution >= 0.6 is 0 Å². The van der Waals surface area contributed by atoms with Crippen LogP contribution in [0.15, 0.2) is 16.8 Å². The first kappa shape index (κ1) is 19.4. The van der Waals surface area contributed by atoms with Crippen LogP contribution in [0.2, 0.25) is 0 Å². The predicted molar refractivity (Wildman–Crippen MR) is 109 cm³/mol. The second-order valence-corrected chi connectivity index (χ2v) is 10.1. The molecule has 0 radical (unpaired) electrons. The molecule has 27 heavy (non-hydrogen) atoms. The Balaban J connectivity index is 1.49. The molecule has 3 N–H and O–H groups in total. The molecule has 152 valence electrons. The summed E-state index contributed by atoms with van der Waals surface area (Å²) in [6.07, 6.45) is 14.9. The Hall–Kier alpha value is -0.870. The molecule has 0 bridgehead atoms. The molecular formula is C23H38N2O2. The number of oxime groups is 1. The van der Waals surface area contributed by atoms with E-state index in [1.54, 1.807) is 5.57 Å². The van der Waals surface area contributed by atoms with Gasteiger partial charge in [-0.25, -0.2) is 0 Å².